The first-order valence-electron chi connectivity index (χ1n) is 11.6. The molecule has 0 spiro atoms. The number of carbonyl (C=O) groups is 1. The quantitative estimate of drug-likeness (QED) is 0.290. The van der Waals surface area contributed by atoms with Gasteiger partial charge in [-0.25, -0.2) is 14.8 Å². The number of rotatable bonds is 6. The number of fused-ring (bicyclic) bond motifs is 1. The van der Waals surface area contributed by atoms with Crippen molar-refractivity contribution in [2.24, 2.45) is 0 Å². The second-order valence-corrected chi connectivity index (χ2v) is 8.86. The van der Waals surface area contributed by atoms with Crippen molar-refractivity contribution in [1.29, 1.82) is 0 Å². The summed E-state index contributed by atoms with van der Waals surface area (Å²) in [5.74, 6) is -1.15. The fraction of sp³-hybridized carbons (Fsp3) is 0.0345. The number of benzene rings is 3. The summed E-state index contributed by atoms with van der Waals surface area (Å²) in [7, 11) is 0. The Morgan fingerprint density at radius 2 is 1.35 bits per heavy atom. The number of hydrogen-bond acceptors (Lipinski definition) is 4. The van der Waals surface area contributed by atoms with Crippen molar-refractivity contribution < 1.29 is 9.90 Å². The maximum Gasteiger partial charge on any atom is 0.357 e. The lowest BCUT2D eigenvalue weighted by atomic mass is 9.77. The molecule has 0 aliphatic rings. The molecule has 0 saturated carbocycles. The van der Waals surface area contributed by atoms with Crippen LogP contribution < -0.4 is 0 Å². The number of aromatic nitrogens is 5. The molecule has 0 aliphatic heterocycles. The molecule has 8 heteroatoms. The van der Waals surface area contributed by atoms with Gasteiger partial charge in [-0.3, -0.25) is 9.08 Å². The van der Waals surface area contributed by atoms with E-state index in [-0.39, 0.29) is 10.8 Å². The molecule has 0 aliphatic carbocycles. The van der Waals surface area contributed by atoms with E-state index >= 15 is 0 Å². The van der Waals surface area contributed by atoms with Crippen LogP contribution in [0.2, 0.25) is 5.15 Å². The van der Waals surface area contributed by atoms with Crippen molar-refractivity contribution in [3.8, 4) is 11.3 Å². The van der Waals surface area contributed by atoms with Crippen molar-refractivity contribution in [1.82, 2.24) is 24.1 Å². The molecule has 1 N–H and O–H groups in total. The predicted molar refractivity (Wildman–Crippen MR) is 141 cm³/mol. The van der Waals surface area contributed by atoms with Crippen LogP contribution in [0.25, 0.3) is 16.9 Å². The molecule has 0 fully saturated rings. The van der Waals surface area contributed by atoms with E-state index in [0.717, 1.165) is 16.7 Å². The molecule has 3 heterocycles. The first-order chi connectivity index (χ1) is 18.1. The lowest BCUT2D eigenvalue weighted by Crippen LogP contribution is -2.38. The van der Waals surface area contributed by atoms with Gasteiger partial charge in [-0.15, -0.1) is 0 Å². The number of hydrogen-bond donors (Lipinski definition) is 1. The Balaban J connectivity index is 1.72. The van der Waals surface area contributed by atoms with Crippen LogP contribution in [0.15, 0.2) is 116 Å². The zero-order chi connectivity index (χ0) is 25.4. The molecular formula is C29H20ClN5O2. The molecule has 0 saturated heterocycles. The van der Waals surface area contributed by atoms with Crippen LogP contribution in [0, 0.1) is 0 Å². The average molecular weight is 506 g/mol. The Morgan fingerprint density at radius 1 is 0.811 bits per heavy atom. The van der Waals surface area contributed by atoms with Gasteiger partial charge in [-0.05, 0) is 16.7 Å². The minimum atomic E-state index is -1.15. The average Bonchev–Trinajstić information content (AvgIpc) is 3.57. The number of halogens is 1. The summed E-state index contributed by atoms with van der Waals surface area (Å²) < 4.78 is 3.46. The number of carboxylic acid groups (broad SMARTS) is 1. The third kappa shape index (κ3) is 3.59. The molecule has 0 amide bonds. The third-order valence-electron chi connectivity index (χ3n) is 6.50. The fourth-order valence-corrected chi connectivity index (χ4v) is 5.11. The van der Waals surface area contributed by atoms with Gasteiger partial charge in [0.1, 0.15) is 5.54 Å². The topological polar surface area (TPSA) is 85.3 Å². The summed E-state index contributed by atoms with van der Waals surface area (Å²) in [6, 6.07) is 29.9. The summed E-state index contributed by atoms with van der Waals surface area (Å²) in [6.07, 6.45) is 6.61. The maximum atomic E-state index is 12.5. The number of carboxylic acids is 1. The monoisotopic (exact) mass is 505 g/mol. The number of nitrogens with zero attached hydrogens (tertiary/aromatic N) is 5. The fourth-order valence-electron chi connectivity index (χ4n) is 4.91. The SMILES string of the molecule is O=C(O)c1nn(C(c2ccccc2)(c2ccccc2)c2ccccc2)cc1-c1cnc2c(Cl)nccn12. The highest BCUT2D eigenvalue weighted by Gasteiger charge is 2.40. The van der Waals surface area contributed by atoms with Crippen molar-refractivity contribution in [3.05, 3.63) is 143 Å². The van der Waals surface area contributed by atoms with E-state index in [1.54, 1.807) is 33.9 Å². The van der Waals surface area contributed by atoms with Gasteiger partial charge in [0.2, 0.25) is 0 Å². The Hall–Kier alpha value is -4.75. The van der Waals surface area contributed by atoms with E-state index < -0.39 is 11.5 Å². The minimum absolute atomic E-state index is 0.0955. The number of imidazole rings is 1. The maximum absolute atomic E-state index is 12.5. The first-order valence-corrected chi connectivity index (χ1v) is 12.0. The highest BCUT2D eigenvalue weighted by atomic mass is 35.5. The van der Waals surface area contributed by atoms with Crippen LogP contribution in [-0.2, 0) is 5.54 Å². The zero-order valence-electron chi connectivity index (χ0n) is 19.4. The van der Waals surface area contributed by atoms with Crippen LogP contribution in [0.4, 0.5) is 0 Å². The Bertz CT molecular complexity index is 1620. The van der Waals surface area contributed by atoms with Gasteiger partial charge in [-0.1, -0.05) is 103 Å². The molecule has 37 heavy (non-hydrogen) atoms. The largest absolute Gasteiger partial charge is 0.476 e. The van der Waals surface area contributed by atoms with Gasteiger partial charge in [0.25, 0.3) is 0 Å². The Morgan fingerprint density at radius 3 is 1.86 bits per heavy atom. The second kappa shape index (κ2) is 9.04. The molecule has 7 nitrogen and oxygen atoms in total. The molecule has 3 aromatic heterocycles. The molecule has 6 rings (SSSR count). The highest BCUT2D eigenvalue weighted by Crippen LogP contribution is 2.41. The van der Waals surface area contributed by atoms with Crippen LogP contribution in [-0.4, -0.2) is 35.2 Å². The molecule has 0 atom stereocenters. The summed E-state index contributed by atoms with van der Waals surface area (Å²) in [5, 5.41) is 15.2. The van der Waals surface area contributed by atoms with Crippen LogP contribution in [0.5, 0.6) is 0 Å². The summed E-state index contributed by atoms with van der Waals surface area (Å²) in [6.45, 7) is 0. The summed E-state index contributed by atoms with van der Waals surface area (Å²) >= 11 is 6.25. The van der Waals surface area contributed by atoms with Crippen molar-refractivity contribution in [2.45, 2.75) is 5.54 Å². The zero-order valence-corrected chi connectivity index (χ0v) is 20.2. The Labute approximate surface area is 217 Å². The van der Waals surface area contributed by atoms with Gasteiger partial charge in [0.05, 0.1) is 17.5 Å². The standard InChI is InChI=1S/C29H20ClN5O2/c30-26-27-32-18-24(34(27)17-16-31-26)23-19-35(33-25(23)28(36)37)29(20-10-4-1-5-11-20,21-12-6-2-7-13-21)22-14-8-3-9-15-22/h1-19H,(H,36,37). The van der Waals surface area contributed by atoms with Crippen LogP contribution in [0.1, 0.15) is 27.2 Å². The minimum Gasteiger partial charge on any atom is -0.476 e. The molecule has 180 valence electrons. The predicted octanol–water partition coefficient (Wildman–Crippen LogP) is 5.78. The van der Waals surface area contributed by atoms with Gasteiger partial charge in [0, 0.05) is 18.6 Å². The number of aromatic carboxylic acids is 1. The molecule has 0 bridgehead atoms. The van der Waals surface area contributed by atoms with Crippen molar-refractivity contribution >= 4 is 23.2 Å². The van der Waals surface area contributed by atoms with E-state index in [9.17, 15) is 9.90 Å². The van der Waals surface area contributed by atoms with Crippen LogP contribution >= 0.6 is 11.6 Å². The second-order valence-electron chi connectivity index (χ2n) is 8.50. The van der Waals surface area contributed by atoms with Crippen molar-refractivity contribution in [2.75, 3.05) is 0 Å². The molecule has 0 radical (unpaired) electrons. The van der Waals surface area contributed by atoms with E-state index in [1.807, 2.05) is 91.0 Å². The van der Waals surface area contributed by atoms with Crippen LogP contribution in [0.3, 0.4) is 0 Å². The van der Waals surface area contributed by atoms with Gasteiger partial charge >= 0.3 is 5.97 Å². The smallest absolute Gasteiger partial charge is 0.357 e. The third-order valence-corrected chi connectivity index (χ3v) is 6.76. The first kappa shape index (κ1) is 22.7. The lowest BCUT2D eigenvalue weighted by Gasteiger charge is -2.36. The molecular weight excluding hydrogens is 486 g/mol. The normalized spacial score (nSPS) is 11.6. The highest BCUT2D eigenvalue weighted by molar-refractivity contribution is 6.32. The van der Waals surface area contributed by atoms with Gasteiger partial charge in [-0.2, -0.15) is 5.10 Å². The van der Waals surface area contributed by atoms with E-state index in [2.05, 4.69) is 9.97 Å². The van der Waals surface area contributed by atoms with Gasteiger partial charge < -0.3 is 5.11 Å². The van der Waals surface area contributed by atoms with Gasteiger partial charge in [0.15, 0.2) is 16.5 Å². The summed E-state index contributed by atoms with van der Waals surface area (Å²) in [5.41, 5.74) is 3.15. The van der Waals surface area contributed by atoms with E-state index in [0.29, 0.717) is 16.9 Å². The lowest BCUT2D eigenvalue weighted by molar-refractivity contribution is 0.0689. The van der Waals surface area contributed by atoms with E-state index in [1.165, 1.54) is 0 Å². The molecule has 6 aromatic rings. The Kier molecular flexibility index (Phi) is 5.54. The summed E-state index contributed by atoms with van der Waals surface area (Å²) in [4.78, 5) is 21.0. The molecule has 3 aromatic carbocycles. The van der Waals surface area contributed by atoms with Crippen molar-refractivity contribution in [3.63, 3.8) is 0 Å². The molecule has 0 unspecified atom stereocenters. The van der Waals surface area contributed by atoms with E-state index in [4.69, 9.17) is 16.7 Å².